The van der Waals surface area contributed by atoms with Gasteiger partial charge in [0.25, 0.3) is 5.82 Å². The molecular weight excluding hydrogens is 304 g/mol. The van der Waals surface area contributed by atoms with Gasteiger partial charge in [0.2, 0.25) is 0 Å². The van der Waals surface area contributed by atoms with Crippen molar-refractivity contribution in [3.8, 4) is 0 Å². The lowest BCUT2D eigenvalue weighted by molar-refractivity contribution is -0.803. The van der Waals surface area contributed by atoms with E-state index in [1.807, 2.05) is 11.7 Å². The monoisotopic (exact) mass is 325 g/mol. The number of hydrogen-bond donors (Lipinski definition) is 0. The van der Waals surface area contributed by atoms with E-state index in [0.717, 1.165) is 12.2 Å². The Balaban J connectivity index is 1.69. The zero-order valence-corrected chi connectivity index (χ0v) is 13.9. The molecule has 1 aliphatic heterocycles. The van der Waals surface area contributed by atoms with Crippen LogP contribution in [0.1, 0.15) is 24.7 Å². The molecule has 5 aliphatic rings. The SMILES string of the molecule is COC(=O)[C@]12c3n(C)nn[n+]3[C@H]3[C@@H]([C@H]1[C@@H]1C=C[C@H]2C1)[C@@H]1C=C[C@H]3C1. The van der Waals surface area contributed by atoms with Crippen molar-refractivity contribution in [1.82, 2.24) is 15.1 Å². The van der Waals surface area contributed by atoms with Gasteiger partial charge in [0, 0.05) is 17.8 Å². The zero-order chi connectivity index (χ0) is 16.2. The van der Waals surface area contributed by atoms with Crippen LogP contribution in [0.5, 0.6) is 0 Å². The van der Waals surface area contributed by atoms with E-state index in [4.69, 9.17) is 4.74 Å². The van der Waals surface area contributed by atoms with E-state index in [1.165, 1.54) is 13.5 Å². The number of ether oxygens (including phenoxy) is 1. The molecule has 0 aromatic carbocycles. The minimum atomic E-state index is -0.619. The highest BCUT2D eigenvalue weighted by Gasteiger charge is 2.75. The summed E-state index contributed by atoms with van der Waals surface area (Å²) in [5.41, 5.74) is -0.619. The van der Waals surface area contributed by atoms with Gasteiger partial charge in [-0.2, -0.15) is 0 Å². The summed E-state index contributed by atoms with van der Waals surface area (Å²) in [4.78, 5) is 13.2. The first-order chi connectivity index (χ1) is 11.7. The molecule has 2 fully saturated rings. The van der Waals surface area contributed by atoms with E-state index in [0.29, 0.717) is 35.6 Å². The number of carbonyl (C=O) groups excluding carboxylic acids is 1. The fraction of sp³-hybridized carbons (Fsp3) is 0.667. The summed E-state index contributed by atoms with van der Waals surface area (Å²) in [6.07, 6.45) is 11.6. The van der Waals surface area contributed by atoms with E-state index < -0.39 is 5.41 Å². The van der Waals surface area contributed by atoms with E-state index in [-0.39, 0.29) is 11.9 Å². The third-order valence-electron chi connectivity index (χ3n) is 7.55. The largest absolute Gasteiger partial charge is 0.468 e. The Labute approximate surface area is 140 Å². The summed E-state index contributed by atoms with van der Waals surface area (Å²) < 4.78 is 9.29. The summed E-state index contributed by atoms with van der Waals surface area (Å²) in [5, 5.41) is 8.81. The molecule has 0 radical (unpaired) electrons. The van der Waals surface area contributed by atoms with Crippen LogP contribution in [0.4, 0.5) is 0 Å². The van der Waals surface area contributed by atoms with Crippen LogP contribution in [-0.4, -0.2) is 28.2 Å². The van der Waals surface area contributed by atoms with E-state index in [2.05, 4.69) is 39.4 Å². The number of hydrogen-bond acceptors (Lipinski definition) is 4. The van der Waals surface area contributed by atoms with Crippen LogP contribution in [0.3, 0.4) is 0 Å². The van der Waals surface area contributed by atoms with E-state index in [9.17, 15) is 4.79 Å². The lowest BCUT2D eigenvalue weighted by Crippen LogP contribution is -2.67. The molecule has 6 nitrogen and oxygen atoms in total. The highest BCUT2D eigenvalue weighted by molar-refractivity contribution is 5.84. The van der Waals surface area contributed by atoms with Crippen molar-refractivity contribution in [2.45, 2.75) is 24.3 Å². The first kappa shape index (κ1) is 13.3. The van der Waals surface area contributed by atoms with Crippen LogP contribution in [0.2, 0.25) is 0 Å². The van der Waals surface area contributed by atoms with Gasteiger partial charge in [-0.25, -0.2) is 0 Å². The molecule has 6 rings (SSSR count). The Morgan fingerprint density at radius 2 is 2.04 bits per heavy atom. The molecule has 0 N–H and O–H groups in total. The summed E-state index contributed by atoms with van der Waals surface area (Å²) in [7, 11) is 3.43. The molecule has 0 saturated heterocycles. The normalized spacial score (nSPS) is 48.5. The molecule has 4 bridgehead atoms. The lowest BCUT2D eigenvalue weighted by Gasteiger charge is -2.47. The first-order valence-electron chi connectivity index (χ1n) is 8.95. The molecule has 1 aromatic heterocycles. The number of aryl methyl sites for hydroxylation is 1. The molecule has 2 saturated carbocycles. The minimum Gasteiger partial charge on any atom is -0.468 e. The van der Waals surface area contributed by atoms with Crippen LogP contribution in [0.15, 0.2) is 24.3 Å². The van der Waals surface area contributed by atoms with Crippen LogP contribution in [-0.2, 0) is 22.0 Å². The maximum Gasteiger partial charge on any atom is 0.323 e. The zero-order valence-electron chi connectivity index (χ0n) is 13.9. The third kappa shape index (κ3) is 1.16. The number of nitrogens with zero attached hydrogens (tertiary/aromatic N) is 4. The molecule has 24 heavy (non-hydrogen) atoms. The molecule has 1 aromatic rings. The number of allylic oxidation sites excluding steroid dienone is 4. The number of fused-ring (bicyclic) bond motifs is 14. The summed E-state index contributed by atoms with van der Waals surface area (Å²) in [5.74, 6) is 3.39. The van der Waals surface area contributed by atoms with Crippen molar-refractivity contribution < 1.29 is 14.2 Å². The highest BCUT2D eigenvalue weighted by atomic mass is 16.5. The Morgan fingerprint density at radius 1 is 1.25 bits per heavy atom. The van der Waals surface area contributed by atoms with Gasteiger partial charge in [-0.3, -0.25) is 4.79 Å². The van der Waals surface area contributed by atoms with Crippen molar-refractivity contribution in [2.24, 2.45) is 42.6 Å². The maximum absolute atomic E-state index is 13.2. The standard InChI is InChI=1S/C18H21N4O2/c1-21-16-18(17(23)24-2)12-6-5-10(8-12)14(18)13-9-3-4-11(7-9)15(13)22(16)20-19-21/h3-6,9-15H,7-8H2,1-2H3/q+1/t9-,10-,11+,12+,13-,14-,15-,18+/m1/s1. The highest BCUT2D eigenvalue weighted by Crippen LogP contribution is 2.67. The van der Waals surface area contributed by atoms with Crippen LogP contribution in [0, 0.1) is 35.5 Å². The Kier molecular flexibility index (Phi) is 2.21. The molecule has 6 heteroatoms. The lowest BCUT2D eigenvalue weighted by atomic mass is 9.57. The fourth-order valence-corrected chi connectivity index (χ4v) is 7.02. The second-order valence-corrected chi connectivity index (χ2v) is 8.16. The minimum absolute atomic E-state index is 0.103. The van der Waals surface area contributed by atoms with Crippen molar-refractivity contribution >= 4 is 5.97 Å². The molecule has 124 valence electrons. The predicted octanol–water partition coefficient (Wildman–Crippen LogP) is 0.712. The van der Waals surface area contributed by atoms with Crippen LogP contribution < -0.4 is 4.68 Å². The van der Waals surface area contributed by atoms with Crippen molar-refractivity contribution in [2.75, 3.05) is 7.11 Å². The third-order valence-corrected chi connectivity index (χ3v) is 7.55. The number of esters is 1. The van der Waals surface area contributed by atoms with E-state index >= 15 is 0 Å². The average molecular weight is 325 g/mol. The van der Waals surface area contributed by atoms with Crippen LogP contribution >= 0.6 is 0 Å². The molecule has 0 amide bonds. The van der Waals surface area contributed by atoms with Gasteiger partial charge in [0.05, 0.1) is 14.2 Å². The summed E-state index contributed by atoms with van der Waals surface area (Å²) in [6, 6.07) is 0.347. The topological polar surface area (TPSA) is 60.9 Å². The number of tetrazole rings is 1. The first-order valence-corrected chi connectivity index (χ1v) is 8.95. The number of carbonyl (C=O) groups is 1. The van der Waals surface area contributed by atoms with Gasteiger partial charge in [0.15, 0.2) is 10.6 Å². The van der Waals surface area contributed by atoms with Gasteiger partial charge in [-0.1, -0.05) is 29.0 Å². The second kappa shape index (κ2) is 3.98. The number of rotatable bonds is 1. The van der Waals surface area contributed by atoms with Crippen molar-refractivity contribution in [3.05, 3.63) is 30.1 Å². The summed E-state index contributed by atoms with van der Waals surface area (Å²) >= 11 is 0. The van der Waals surface area contributed by atoms with Crippen molar-refractivity contribution in [1.29, 1.82) is 0 Å². The second-order valence-electron chi connectivity index (χ2n) is 8.16. The fourth-order valence-electron chi connectivity index (χ4n) is 7.02. The smallest absolute Gasteiger partial charge is 0.323 e. The van der Waals surface area contributed by atoms with Gasteiger partial charge in [-0.15, -0.1) is 4.68 Å². The average Bonchev–Trinajstić information content (AvgIpc) is 3.38. The number of aromatic nitrogens is 4. The molecule has 0 unspecified atom stereocenters. The van der Waals surface area contributed by atoms with Gasteiger partial charge >= 0.3 is 5.97 Å². The van der Waals surface area contributed by atoms with Gasteiger partial charge < -0.3 is 4.74 Å². The Morgan fingerprint density at radius 3 is 2.88 bits per heavy atom. The van der Waals surface area contributed by atoms with Crippen molar-refractivity contribution in [3.63, 3.8) is 0 Å². The van der Waals surface area contributed by atoms with Gasteiger partial charge in [-0.05, 0) is 30.6 Å². The quantitative estimate of drug-likeness (QED) is 0.433. The molecule has 4 aliphatic carbocycles. The maximum atomic E-state index is 13.2. The number of methoxy groups -OCH3 is 1. The molecule has 2 heterocycles. The van der Waals surface area contributed by atoms with Crippen LogP contribution in [0.25, 0.3) is 0 Å². The molecular formula is C18H21N4O2+. The summed E-state index contributed by atoms with van der Waals surface area (Å²) in [6.45, 7) is 0. The Bertz CT molecular complexity index is 827. The van der Waals surface area contributed by atoms with Gasteiger partial charge in [0.1, 0.15) is 11.3 Å². The molecule has 0 spiro atoms. The predicted molar refractivity (Wildman–Crippen MR) is 82.4 cm³/mol. The van der Waals surface area contributed by atoms with E-state index in [1.54, 1.807) is 0 Å². The Hall–Kier alpha value is -1.98. The molecule has 8 atom stereocenters.